The molecule has 2 aromatic carbocycles. The summed E-state index contributed by atoms with van der Waals surface area (Å²) in [5.74, 6) is 0.329. The SMILES string of the molecule is COCCOc1ccc(C(C)NC(=O)Cc2c(F)cccc2Cl)cc1OC. The van der Waals surface area contributed by atoms with Crippen LogP contribution in [0, 0.1) is 5.82 Å². The van der Waals surface area contributed by atoms with Gasteiger partial charge in [-0.25, -0.2) is 4.39 Å². The van der Waals surface area contributed by atoms with Crippen LogP contribution in [0.15, 0.2) is 36.4 Å². The van der Waals surface area contributed by atoms with Crippen molar-refractivity contribution in [3.8, 4) is 11.5 Å². The first-order valence-electron chi connectivity index (χ1n) is 8.48. The topological polar surface area (TPSA) is 56.8 Å². The van der Waals surface area contributed by atoms with Crippen LogP contribution in [0.5, 0.6) is 11.5 Å². The summed E-state index contributed by atoms with van der Waals surface area (Å²) in [6.45, 7) is 2.71. The molecule has 7 heteroatoms. The van der Waals surface area contributed by atoms with Crippen LogP contribution >= 0.6 is 11.6 Å². The van der Waals surface area contributed by atoms with Gasteiger partial charge in [0.05, 0.1) is 26.2 Å². The van der Waals surface area contributed by atoms with Gasteiger partial charge in [-0.3, -0.25) is 4.79 Å². The highest BCUT2D eigenvalue weighted by Gasteiger charge is 2.16. The van der Waals surface area contributed by atoms with Gasteiger partial charge in [0.2, 0.25) is 5.91 Å². The van der Waals surface area contributed by atoms with E-state index in [-0.39, 0.29) is 29.0 Å². The van der Waals surface area contributed by atoms with Crippen LogP contribution in [-0.2, 0) is 16.0 Å². The van der Waals surface area contributed by atoms with Gasteiger partial charge in [-0.2, -0.15) is 0 Å². The van der Waals surface area contributed by atoms with Gasteiger partial charge >= 0.3 is 0 Å². The Kier molecular flexibility index (Phi) is 7.88. The van der Waals surface area contributed by atoms with Gasteiger partial charge in [0.15, 0.2) is 11.5 Å². The fraction of sp³-hybridized carbons (Fsp3) is 0.350. The lowest BCUT2D eigenvalue weighted by Gasteiger charge is -2.17. The molecule has 27 heavy (non-hydrogen) atoms. The molecule has 0 saturated heterocycles. The average Bonchev–Trinajstić information content (AvgIpc) is 2.65. The van der Waals surface area contributed by atoms with E-state index in [4.69, 9.17) is 25.8 Å². The molecule has 1 amide bonds. The third-order valence-corrected chi connectivity index (χ3v) is 4.36. The van der Waals surface area contributed by atoms with Crippen LogP contribution in [0.4, 0.5) is 4.39 Å². The number of hydrogen-bond acceptors (Lipinski definition) is 4. The molecule has 0 aliphatic rings. The van der Waals surface area contributed by atoms with Crippen LogP contribution in [0.2, 0.25) is 5.02 Å². The van der Waals surface area contributed by atoms with Gasteiger partial charge in [0, 0.05) is 17.7 Å². The molecule has 2 aromatic rings. The molecule has 0 radical (unpaired) electrons. The first kappa shape index (κ1) is 21.0. The molecule has 1 N–H and O–H groups in total. The van der Waals surface area contributed by atoms with Crippen molar-refractivity contribution >= 4 is 17.5 Å². The maximum absolute atomic E-state index is 13.8. The van der Waals surface area contributed by atoms with Crippen molar-refractivity contribution in [3.63, 3.8) is 0 Å². The van der Waals surface area contributed by atoms with Gasteiger partial charge < -0.3 is 19.5 Å². The molecule has 0 heterocycles. The minimum atomic E-state index is -0.496. The van der Waals surface area contributed by atoms with Gasteiger partial charge in [-0.15, -0.1) is 0 Å². The van der Waals surface area contributed by atoms with Crippen LogP contribution in [0.25, 0.3) is 0 Å². The highest BCUT2D eigenvalue weighted by molar-refractivity contribution is 6.31. The highest BCUT2D eigenvalue weighted by atomic mass is 35.5. The summed E-state index contributed by atoms with van der Waals surface area (Å²) >= 11 is 5.98. The number of carbonyl (C=O) groups excluding carboxylic acids is 1. The first-order valence-corrected chi connectivity index (χ1v) is 8.86. The summed E-state index contributed by atoms with van der Waals surface area (Å²) in [7, 11) is 3.15. The molecule has 2 rings (SSSR count). The third-order valence-electron chi connectivity index (χ3n) is 4.01. The van der Waals surface area contributed by atoms with Crippen molar-refractivity contribution in [1.29, 1.82) is 0 Å². The Morgan fingerprint density at radius 1 is 1.19 bits per heavy atom. The summed E-state index contributed by atoms with van der Waals surface area (Å²) in [6, 6.07) is 9.46. The number of benzene rings is 2. The summed E-state index contributed by atoms with van der Waals surface area (Å²) in [6.07, 6.45) is -0.134. The van der Waals surface area contributed by atoms with Gasteiger partial charge in [0.25, 0.3) is 0 Å². The molecule has 0 spiro atoms. The molecule has 146 valence electrons. The molecule has 0 aromatic heterocycles. The Balaban J connectivity index is 2.04. The second-order valence-electron chi connectivity index (χ2n) is 5.92. The monoisotopic (exact) mass is 395 g/mol. The summed E-state index contributed by atoms with van der Waals surface area (Å²) in [4.78, 5) is 12.3. The number of amides is 1. The van der Waals surface area contributed by atoms with E-state index in [0.29, 0.717) is 24.7 Å². The van der Waals surface area contributed by atoms with Crippen molar-refractivity contribution in [2.24, 2.45) is 0 Å². The van der Waals surface area contributed by atoms with Gasteiger partial charge in [-0.1, -0.05) is 23.7 Å². The zero-order valence-electron chi connectivity index (χ0n) is 15.6. The highest BCUT2D eigenvalue weighted by Crippen LogP contribution is 2.30. The number of halogens is 2. The summed E-state index contributed by atoms with van der Waals surface area (Å²) in [5.41, 5.74) is 1.02. The zero-order valence-corrected chi connectivity index (χ0v) is 16.3. The minimum Gasteiger partial charge on any atom is -0.493 e. The molecule has 0 fully saturated rings. The average molecular weight is 396 g/mol. The lowest BCUT2D eigenvalue weighted by atomic mass is 10.1. The number of carbonyl (C=O) groups is 1. The molecule has 5 nitrogen and oxygen atoms in total. The van der Waals surface area contributed by atoms with E-state index in [1.165, 1.54) is 12.1 Å². The fourth-order valence-corrected chi connectivity index (χ4v) is 2.78. The Hall–Kier alpha value is -2.31. The molecular weight excluding hydrogens is 373 g/mol. The maximum Gasteiger partial charge on any atom is 0.225 e. The van der Waals surface area contributed by atoms with Crippen molar-refractivity contribution in [2.45, 2.75) is 19.4 Å². The maximum atomic E-state index is 13.8. The molecule has 1 unspecified atom stereocenters. The second kappa shape index (κ2) is 10.1. The van der Waals surface area contributed by atoms with Crippen LogP contribution in [0.1, 0.15) is 24.1 Å². The van der Waals surface area contributed by atoms with E-state index in [0.717, 1.165) is 5.56 Å². The van der Waals surface area contributed by atoms with E-state index in [2.05, 4.69) is 5.32 Å². The molecule has 0 aliphatic carbocycles. The van der Waals surface area contributed by atoms with Crippen molar-refractivity contribution in [1.82, 2.24) is 5.32 Å². The number of ether oxygens (including phenoxy) is 3. The van der Waals surface area contributed by atoms with Crippen LogP contribution in [-0.4, -0.2) is 33.3 Å². The predicted octanol–water partition coefficient (Wildman–Crippen LogP) is 3.93. The van der Waals surface area contributed by atoms with Crippen molar-refractivity contribution in [2.75, 3.05) is 27.4 Å². The normalized spacial score (nSPS) is 11.7. The zero-order chi connectivity index (χ0) is 19.8. The lowest BCUT2D eigenvalue weighted by Crippen LogP contribution is -2.28. The molecule has 0 bridgehead atoms. The van der Waals surface area contributed by atoms with Crippen LogP contribution in [0.3, 0.4) is 0 Å². The first-order chi connectivity index (χ1) is 13.0. The largest absolute Gasteiger partial charge is 0.493 e. The number of hydrogen-bond donors (Lipinski definition) is 1. The van der Waals surface area contributed by atoms with E-state index < -0.39 is 5.82 Å². The Bertz CT molecular complexity index is 764. The fourth-order valence-electron chi connectivity index (χ4n) is 2.55. The van der Waals surface area contributed by atoms with E-state index in [1.54, 1.807) is 32.4 Å². The van der Waals surface area contributed by atoms with Crippen LogP contribution < -0.4 is 14.8 Å². The Morgan fingerprint density at radius 2 is 1.96 bits per heavy atom. The quantitative estimate of drug-likeness (QED) is 0.653. The molecule has 1 atom stereocenters. The number of nitrogens with one attached hydrogen (secondary N) is 1. The Morgan fingerprint density at radius 3 is 2.63 bits per heavy atom. The summed E-state index contributed by atoms with van der Waals surface area (Å²) in [5, 5.41) is 3.07. The lowest BCUT2D eigenvalue weighted by molar-refractivity contribution is -0.121. The summed E-state index contributed by atoms with van der Waals surface area (Å²) < 4.78 is 29.7. The standard InChI is InChI=1S/C20H23ClFNO4/c1-13(23-20(24)12-15-16(21)5-4-6-17(15)22)14-7-8-18(19(11-14)26-3)27-10-9-25-2/h4-8,11,13H,9-10,12H2,1-3H3,(H,23,24). The van der Waals surface area contributed by atoms with Crippen molar-refractivity contribution < 1.29 is 23.4 Å². The van der Waals surface area contributed by atoms with E-state index in [9.17, 15) is 9.18 Å². The van der Waals surface area contributed by atoms with Gasteiger partial charge in [-0.05, 0) is 36.8 Å². The molecule has 0 aliphatic heterocycles. The third kappa shape index (κ3) is 5.84. The minimum absolute atomic E-state index is 0.134. The van der Waals surface area contributed by atoms with Gasteiger partial charge in [0.1, 0.15) is 12.4 Å². The molecular formula is C20H23ClFNO4. The smallest absolute Gasteiger partial charge is 0.225 e. The predicted molar refractivity (Wildman–Crippen MR) is 102 cm³/mol. The van der Waals surface area contributed by atoms with Crippen molar-refractivity contribution in [3.05, 3.63) is 58.4 Å². The van der Waals surface area contributed by atoms with E-state index >= 15 is 0 Å². The molecule has 0 saturated carbocycles. The van der Waals surface area contributed by atoms with E-state index in [1.807, 2.05) is 13.0 Å². The Labute approximate surface area is 163 Å². The number of rotatable bonds is 9. The number of methoxy groups -OCH3 is 2. The second-order valence-corrected chi connectivity index (χ2v) is 6.32.